The molecule has 12 heavy (non-hydrogen) atoms. The summed E-state index contributed by atoms with van der Waals surface area (Å²) in [6, 6.07) is 2.03. The van der Waals surface area contributed by atoms with Gasteiger partial charge in [-0.25, -0.2) is 0 Å². The van der Waals surface area contributed by atoms with Gasteiger partial charge in [-0.15, -0.1) is 0 Å². The number of pyridine rings is 1. The standard InChI is InChI=1S/C9H13BrN2/c1-6(2)9-7(4-11)3-8(10)5-12-9/h3,5-6H,4,11H2,1-2H3. The lowest BCUT2D eigenvalue weighted by atomic mass is 10.0. The largest absolute Gasteiger partial charge is 0.326 e. The van der Waals surface area contributed by atoms with E-state index in [0.29, 0.717) is 12.5 Å². The Balaban J connectivity index is 3.11. The number of hydrogen-bond donors (Lipinski definition) is 1. The van der Waals surface area contributed by atoms with Crippen molar-refractivity contribution >= 4 is 15.9 Å². The van der Waals surface area contributed by atoms with Gasteiger partial charge in [0.05, 0.1) is 0 Å². The average molecular weight is 229 g/mol. The van der Waals surface area contributed by atoms with Crippen molar-refractivity contribution in [3.63, 3.8) is 0 Å². The fourth-order valence-electron chi connectivity index (χ4n) is 1.18. The van der Waals surface area contributed by atoms with E-state index >= 15 is 0 Å². The van der Waals surface area contributed by atoms with E-state index in [1.165, 1.54) is 0 Å². The van der Waals surface area contributed by atoms with E-state index in [2.05, 4.69) is 34.8 Å². The topological polar surface area (TPSA) is 38.9 Å². The Kier molecular flexibility index (Phi) is 3.23. The fraction of sp³-hybridized carbons (Fsp3) is 0.444. The molecule has 0 saturated carbocycles. The molecule has 0 atom stereocenters. The first-order chi connectivity index (χ1) is 5.65. The van der Waals surface area contributed by atoms with Crippen LogP contribution in [0.1, 0.15) is 31.0 Å². The van der Waals surface area contributed by atoms with Crippen molar-refractivity contribution in [1.82, 2.24) is 4.98 Å². The zero-order valence-corrected chi connectivity index (χ0v) is 8.93. The lowest BCUT2D eigenvalue weighted by Gasteiger charge is -2.09. The third-order valence-electron chi connectivity index (χ3n) is 1.73. The maximum Gasteiger partial charge on any atom is 0.0474 e. The molecule has 1 aromatic rings. The van der Waals surface area contributed by atoms with Gasteiger partial charge in [-0.05, 0) is 33.5 Å². The van der Waals surface area contributed by atoms with Crippen molar-refractivity contribution in [2.24, 2.45) is 5.73 Å². The Bertz CT molecular complexity index is 271. The van der Waals surface area contributed by atoms with Gasteiger partial charge in [-0.3, -0.25) is 4.98 Å². The fourth-order valence-corrected chi connectivity index (χ4v) is 1.55. The minimum atomic E-state index is 0.441. The molecule has 0 saturated heterocycles. The minimum absolute atomic E-state index is 0.441. The summed E-state index contributed by atoms with van der Waals surface area (Å²) in [5.41, 5.74) is 7.82. The van der Waals surface area contributed by atoms with Crippen LogP contribution in [0.4, 0.5) is 0 Å². The number of hydrogen-bond acceptors (Lipinski definition) is 2. The molecule has 0 radical (unpaired) electrons. The van der Waals surface area contributed by atoms with E-state index in [1.807, 2.05) is 12.3 Å². The van der Waals surface area contributed by atoms with Gasteiger partial charge in [0.25, 0.3) is 0 Å². The minimum Gasteiger partial charge on any atom is -0.326 e. The first kappa shape index (κ1) is 9.68. The molecule has 1 heterocycles. The van der Waals surface area contributed by atoms with Crippen molar-refractivity contribution in [2.45, 2.75) is 26.3 Å². The van der Waals surface area contributed by atoms with Gasteiger partial charge in [-0.2, -0.15) is 0 Å². The molecule has 1 aromatic heterocycles. The van der Waals surface area contributed by atoms with Gasteiger partial charge in [0.2, 0.25) is 0 Å². The summed E-state index contributed by atoms with van der Waals surface area (Å²) in [7, 11) is 0. The van der Waals surface area contributed by atoms with E-state index in [0.717, 1.165) is 15.7 Å². The second-order valence-electron chi connectivity index (χ2n) is 3.06. The Morgan fingerprint density at radius 2 is 2.25 bits per heavy atom. The normalized spacial score (nSPS) is 10.8. The van der Waals surface area contributed by atoms with Crippen LogP contribution in [0.3, 0.4) is 0 Å². The molecule has 0 aromatic carbocycles. The van der Waals surface area contributed by atoms with Crippen LogP contribution in [0.2, 0.25) is 0 Å². The molecule has 0 aliphatic heterocycles. The number of rotatable bonds is 2. The van der Waals surface area contributed by atoms with Crippen LogP contribution in [0.15, 0.2) is 16.7 Å². The van der Waals surface area contributed by atoms with Gasteiger partial charge < -0.3 is 5.73 Å². The summed E-state index contributed by atoms with van der Waals surface area (Å²) < 4.78 is 0.993. The van der Waals surface area contributed by atoms with Crippen LogP contribution in [0.25, 0.3) is 0 Å². The Hall–Kier alpha value is -0.410. The second-order valence-corrected chi connectivity index (χ2v) is 3.97. The number of nitrogens with zero attached hydrogens (tertiary/aromatic N) is 1. The monoisotopic (exact) mass is 228 g/mol. The third-order valence-corrected chi connectivity index (χ3v) is 2.17. The van der Waals surface area contributed by atoms with E-state index in [9.17, 15) is 0 Å². The van der Waals surface area contributed by atoms with Crippen molar-refractivity contribution in [3.05, 3.63) is 28.0 Å². The molecule has 66 valence electrons. The summed E-state index contributed by atoms with van der Waals surface area (Å²) in [5.74, 6) is 0.441. The van der Waals surface area contributed by atoms with Crippen LogP contribution in [0.5, 0.6) is 0 Å². The Morgan fingerprint density at radius 3 is 2.75 bits per heavy atom. The molecule has 1 rings (SSSR count). The summed E-state index contributed by atoms with van der Waals surface area (Å²) in [6.07, 6.45) is 1.81. The van der Waals surface area contributed by atoms with Crippen molar-refractivity contribution < 1.29 is 0 Å². The molecule has 0 bridgehead atoms. The molecule has 0 aliphatic carbocycles. The van der Waals surface area contributed by atoms with E-state index in [1.54, 1.807) is 0 Å². The summed E-state index contributed by atoms with van der Waals surface area (Å²) in [6.45, 7) is 4.80. The highest BCUT2D eigenvalue weighted by Gasteiger charge is 2.06. The molecule has 0 amide bonds. The average Bonchev–Trinajstić information content (AvgIpc) is 2.03. The van der Waals surface area contributed by atoms with Crippen LogP contribution >= 0.6 is 15.9 Å². The van der Waals surface area contributed by atoms with Gasteiger partial charge in [0.15, 0.2) is 0 Å². The quantitative estimate of drug-likeness (QED) is 0.845. The highest BCUT2D eigenvalue weighted by molar-refractivity contribution is 9.10. The molecule has 0 aliphatic rings. The zero-order valence-electron chi connectivity index (χ0n) is 7.34. The molecule has 2 N–H and O–H groups in total. The van der Waals surface area contributed by atoms with Gasteiger partial charge in [0.1, 0.15) is 0 Å². The first-order valence-electron chi connectivity index (χ1n) is 3.99. The summed E-state index contributed by atoms with van der Waals surface area (Å²) in [4.78, 5) is 4.32. The highest BCUT2D eigenvalue weighted by atomic mass is 79.9. The van der Waals surface area contributed by atoms with Gasteiger partial charge in [-0.1, -0.05) is 13.8 Å². The number of nitrogens with two attached hydrogens (primary N) is 1. The molecule has 2 nitrogen and oxygen atoms in total. The molecule has 0 fully saturated rings. The number of halogens is 1. The van der Waals surface area contributed by atoms with Crippen molar-refractivity contribution in [2.75, 3.05) is 0 Å². The first-order valence-corrected chi connectivity index (χ1v) is 4.78. The lowest BCUT2D eigenvalue weighted by molar-refractivity contribution is 0.794. The molecule has 0 spiro atoms. The number of aromatic nitrogens is 1. The van der Waals surface area contributed by atoms with Crippen molar-refractivity contribution in [1.29, 1.82) is 0 Å². The van der Waals surface area contributed by atoms with E-state index in [-0.39, 0.29) is 0 Å². The van der Waals surface area contributed by atoms with Crippen LogP contribution in [-0.4, -0.2) is 4.98 Å². The highest BCUT2D eigenvalue weighted by Crippen LogP contribution is 2.19. The van der Waals surface area contributed by atoms with E-state index in [4.69, 9.17) is 5.73 Å². The van der Waals surface area contributed by atoms with E-state index < -0.39 is 0 Å². The maximum absolute atomic E-state index is 5.60. The Labute approximate surface area is 81.3 Å². The van der Waals surface area contributed by atoms with Crippen molar-refractivity contribution in [3.8, 4) is 0 Å². The van der Waals surface area contributed by atoms with Gasteiger partial charge >= 0.3 is 0 Å². The molecular formula is C9H13BrN2. The molecular weight excluding hydrogens is 216 g/mol. The van der Waals surface area contributed by atoms with Gasteiger partial charge in [0, 0.05) is 22.9 Å². The predicted octanol–water partition coefficient (Wildman–Crippen LogP) is 2.43. The molecule has 3 heteroatoms. The lowest BCUT2D eigenvalue weighted by Crippen LogP contribution is -2.05. The molecule has 0 unspecified atom stereocenters. The zero-order chi connectivity index (χ0) is 9.14. The predicted molar refractivity (Wildman–Crippen MR) is 53.9 cm³/mol. The Morgan fingerprint density at radius 1 is 1.58 bits per heavy atom. The maximum atomic E-state index is 5.60. The summed E-state index contributed by atoms with van der Waals surface area (Å²) >= 11 is 3.37. The SMILES string of the molecule is CC(C)c1ncc(Br)cc1CN. The van der Waals surface area contributed by atoms with Crippen LogP contribution in [0, 0.1) is 0 Å². The third kappa shape index (κ3) is 2.05. The second kappa shape index (κ2) is 4.01. The van der Waals surface area contributed by atoms with Crippen LogP contribution in [-0.2, 0) is 6.54 Å². The van der Waals surface area contributed by atoms with Crippen LogP contribution < -0.4 is 5.73 Å². The smallest absolute Gasteiger partial charge is 0.0474 e. The summed E-state index contributed by atoms with van der Waals surface area (Å²) in [5, 5.41) is 0.